The standard InChI is InChI=1S/C27H39NO/c1-18-7-6-16-28-27(4,17-18)24-22-10-9-19-20-8-5-13-25(20,2)14-11-21(19)26(22,3)15-12-23(24)29/h6-7,16-17,19-22,24H,5,8-15H2,1-4H3/t19-,20-,21-,22?,24?,25-,26+,27?/m0/s1. The number of allylic oxidation sites excluding steroid dienone is 3. The molecule has 4 saturated carbocycles. The van der Waals surface area contributed by atoms with Crippen molar-refractivity contribution >= 4 is 12.0 Å². The van der Waals surface area contributed by atoms with E-state index in [2.05, 4.69) is 39.8 Å². The molecule has 2 nitrogen and oxygen atoms in total. The Morgan fingerprint density at radius 3 is 2.62 bits per heavy atom. The first-order valence-corrected chi connectivity index (χ1v) is 12.2. The van der Waals surface area contributed by atoms with Gasteiger partial charge in [-0.3, -0.25) is 9.79 Å². The Labute approximate surface area is 177 Å². The minimum absolute atomic E-state index is 0.0465. The van der Waals surface area contributed by atoms with E-state index in [4.69, 9.17) is 4.99 Å². The van der Waals surface area contributed by atoms with Gasteiger partial charge in [0.1, 0.15) is 5.78 Å². The molecular formula is C27H39NO. The van der Waals surface area contributed by atoms with Gasteiger partial charge in [-0.25, -0.2) is 0 Å². The summed E-state index contributed by atoms with van der Waals surface area (Å²) in [4.78, 5) is 18.3. The second-order valence-corrected chi connectivity index (χ2v) is 11.8. The molecule has 0 N–H and O–H groups in total. The summed E-state index contributed by atoms with van der Waals surface area (Å²) in [5, 5.41) is 0. The first kappa shape index (κ1) is 19.8. The van der Waals surface area contributed by atoms with Crippen molar-refractivity contribution < 1.29 is 4.79 Å². The monoisotopic (exact) mass is 393 g/mol. The molecule has 5 aliphatic rings. The van der Waals surface area contributed by atoms with Crippen LogP contribution in [0.2, 0.25) is 0 Å². The summed E-state index contributed by atoms with van der Waals surface area (Å²) in [5.74, 6) is 3.65. The molecule has 0 aromatic carbocycles. The van der Waals surface area contributed by atoms with Crippen molar-refractivity contribution in [3.8, 4) is 0 Å². The van der Waals surface area contributed by atoms with Gasteiger partial charge in [-0.05, 0) is 99.4 Å². The summed E-state index contributed by atoms with van der Waals surface area (Å²) in [7, 11) is 0. The summed E-state index contributed by atoms with van der Waals surface area (Å²) in [6.45, 7) is 9.53. The minimum Gasteiger partial charge on any atom is -0.299 e. The normalized spacial score (nSPS) is 51.7. The number of hydrogen-bond donors (Lipinski definition) is 0. The van der Waals surface area contributed by atoms with Crippen LogP contribution in [-0.2, 0) is 4.79 Å². The second-order valence-electron chi connectivity index (χ2n) is 11.8. The SMILES string of the molecule is CC1=CC(C)(C2C(=O)CC[C@@]3(C)C2CC[C@H]2[C@@H]4CCC[C@@]4(C)CC[C@@H]23)N=CC=C1. The van der Waals surface area contributed by atoms with Crippen LogP contribution < -0.4 is 0 Å². The molecule has 5 rings (SSSR count). The van der Waals surface area contributed by atoms with Crippen LogP contribution in [0.25, 0.3) is 0 Å². The van der Waals surface area contributed by atoms with Crippen LogP contribution in [0.4, 0.5) is 0 Å². The molecule has 29 heavy (non-hydrogen) atoms. The number of nitrogens with zero attached hydrogens (tertiary/aromatic N) is 1. The van der Waals surface area contributed by atoms with Crippen LogP contribution in [0.15, 0.2) is 28.8 Å². The molecule has 0 aromatic rings. The fourth-order valence-electron chi connectivity index (χ4n) is 9.02. The van der Waals surface area contributed by atoms with Crippen molar-refractivity contribution in [3.63, 3.8) is 0 Å². The molecule has 0 aromatic heterocycles. The van der Waals surface area contributed by atoms with Crippen LogP contribution in [-0.4, -0.2) is 17.5 Å². The van der Waals surface area contributed by atoms with Gasteiger partial charge in [-0.1, -0.05) is 38.0 Å². The highest BCUT2D eigenvalue weighted by Gasteiger charge is 2.61. The number of fused-ring (bicyclic) bond motifs is 5. The Hall–Kier alpha value is -1.18. The highest BCUT2D eigenvalue weighted by atomic mass is 16.1. The predicted molar refractivity (Wildman–Crippen MR) is 120 cm³/mol. The molecule has 2 heteroatoms. The Bertz CT molecular complexity index is 792. The van der Waals surface area contributed by atoms with Gasteiger partial charge in [-0.15, -0.1) is 0 Å². The molecule has 0 saturated heterocycles. The number of Topliss-reactive ketones (excluding diaryl/α,β-unsaturated/α-hetero) is 1. The summed E-state index contributed by atoms with van der Waals surface area (Å²) < 4.78 is 0. The smallest absolute Gasteiger partial charge is 0.139 e. The van der Waals surface area contributed by atoms with E-state index in [9.17, 15) is 4.79 Å². The fraction of sp³-hybridized carbons (Fsp3) is 0.778. The predicted octanol–water partition coefficient (Wildman–Crippen LogP) is 6.56. The van der Waals surface area contributed by atoms with Gasteiger partial charge in [0.15, 0.2) is 0 Å². The second kappa shape index (κ2) is 6.66. The molecule has 0 spiro atoms. The molecule has 4 fully saturated rings. The van der Waals surface area contributed by atoms with Gasteiger partial charge < -0.3 is 0 Å². The largest absolute Gasteiger partial charge is 0.299 e. The van der Waals surface area contributed by atoms with Crippen LogP contribution in [0.5, 0.6) is 0 Å². The number of carbonyl (C=O) groups excluding carboxylic acids is 1. The molecule has 0 amide bonds. The molecule has 0 bridgehead atoms. The van der Waals surface area contributed by atoms with E-state index in [1.165, 1.54) is 50.5 Å². The molecule has 3 unspecified atom stereocenters. The lowest BCUT2D eigenvalue weighted by molar-refractivity contribution is -0.153. The summed E-state index contributed by atoms with van der Waals surface area (Å²) in [6.07, 6.45) is 20.0. The molecule has 0 radical (unpaired) electrons. The van der Waals surface area contributed by atoms with Gasteiger partial charge in [-0.2, -0.15) is 0 Å². The number of aliphatic imine (C=N–C) groups is 1. The maximum Gasteiger partial charge on any atom is 0.139 e. The van der Waals surface area contributed by atoms with Gasteiger partial charge >= 0.3 is 0 Å². The first-order valence-electron chi connectivity index (χ1n) is 12.2. The Balaban J connectivity index is 1.51. The molecule has 4 aliphatic carbocycles. The lowest BCUT2D eigenvalue weighted by Gasteiger charge is -2.62. The van der Waals surface area contributed by atoms with E-state index >= 15 is 0 Å². The minimum atomic E-state index is -0.389. The van der Waals surface area contributed by atoms with Crippen molar-refractivity contribution in [2.45, 2.75) is 91.0 Å². The van der Waals surface area contributed by atoms with E-state index in [0.717, 1.165) is 30.6 Å². The van der Waals surface area contributed by atoms with Gasteiger partial charge in [0, 0.05) is 18.6 Å². The van der Waals surface area contributed by atoms with Crippen LogP contribution in [0, 0.1) is 40.4 Å². The average molecular weight is 394 g/mol. The van der Waals surface area contributed by atoms with Gasteiger partial charge in [0.05, 0.1) is 5.54 Å². The maximum absolute atomic E-state index is 13.4. The Morgan fingerprint density at radius 1 is 0.966 bits per heavy atom. The third-order valence-electron chi connectivity index (χ3n) is 10.3. The number of hydrogen-bond acceptors (Lipinski definition) is 2. The van der Waals surface area contributed by atoms with Gasteiger partial charge in [0.25, 0.3) is 0 Å². The van der Waals surface area contributed by atoms with Crippen molar-refractivity contribution in [1.29, 1.82) is 0 Å². The Kier molecular flexibility index (Phi) is 4.54. The van der Waals surface area contributed by atoms with Crippen molar-refractivity contribution in [3.05, 3.63) is 23.8 Å². The highest BCUT2D eigenvalue weighted by molar-refractivity contribution is 5.85. The summed E-state index contributed by atoms with van der Waals surface area (Å²) >= 11 is 0. The molecular weight excluding hydrogens is 354 g/mol. The topological polar surface area (TPSA) is 29.4 Å². The number of carbonyl (C=O) groups is 1. The van der Waals surface area contributed by atoms with E-state index in [0.29, 0.717) is 22.5 Å². The van der Waals surface area contributed by atoms with Crippen molar-refractivity contribution in [2.24, 2.45) is 45.4 Å². The molecule has 8 atom stereocenters. The van der Waals surface area contributed by atoms with Gasteiger partial charge in [0.2, 0.25) is 0 Å². The van der Waals surface area contributed by atoms with E-state index in [1.807, 2.05) is 12.3 Å². The van der Waals surface area contributed by atoms with Crippen LogP contribution in [0.1, 0.15) is 85.5 Å². The third-order valence-corrected chi connectivity index (χ3v) is 10.3. The summed E-state index contributed by atoms with van der Waals surface area (Å²) in [6, 6.07) is 0. The zero-order valence-corrected chi connectivity index (χ0v) is 18.9. The first-order chi connectivity index (χ1) is 13.8. The average Bonchev–Trinajstić information content (AvgIpc) is 2.98. The lowest BCUT2D eigenvalue weighted by Crippen LogP contribution is -2.58. The number of rotatable bonds is 1. The van der Waals surface area contributed by atoms with E-state index in [-0.39, 0.29) is 11.5 Å². The molecule has 1 aliphatic heterocycles. The number of ketones is 1. The quantitative estimate of drug-likeness (QED) is 0.496. The van der Waals surface area contributed by atoms with Crippen LogP contribution in [0.3, 0.4) is 0 Å². The molecule has 1 heterocycles. The summed E-state index contributed by atoms with van der Waals surface area (Å²) in [5.41, 5.74) is 1.77. The zero-order chi connectivity index (χ0) is 20.4. The highest BCUT2D eigenvalue weighted by Crippen LogP contribution is 2.67. The molecule has 158 valence electrons. The zero-order valence-electron chi connectivity index (χ0n) is 18.9. The van der Waals surface area contributed by atoms with Crippen molar-refractivity contribution in [1.82, 2.24) is 0 Å². The van der Waals surface area contributed by atoms with Crippen molar-refractivity contribution in [2.75, 3.05) is 0 Å². The van der Waals surface area contributed by atoms with E-state index < -0.39 is 0 Å². The van der Waals surface area contributed by atoms with Crippen LogP contribution >= 0.6 is 0 Å². The third kappa shape index (κ3) is 2.87. The lowest BCUT2D eigenvalue weighted by atomic mass is 9.42. The Morgan fingerprint density at radius 2 is 1.79 bits per heavy atom. The van der Waals surface area contributed by atoms with E-state index in [1.54, 1.807) is 0 Å². The fourth-order valence-corrected chi connectivity index (χ4v) is 9.02. The maximum atomic E-state index is 13.4.